The van der Waals surface area contributed by atoms with Gasteiger partial charge in [0.15, 0.2) is 5.65 Å². The Morgan fingerprint density at radius 2 is 2.12 bits per heavy atom. The normalized spacial score (nSPS) is 11.4. The van der Waals surface area contributed by atoms with Crippen LogP contribution in [-0.4, -0.2) is 46.3 Å². The molecule has 2 N–H and O–H groups in total. The van der Waals surface area contributed by atoms with E-state index < -0.39 is 5.97 Å². The molecule has 0 unspecified atom stereocenters. The van der Waals surface area contributed by atoms with Crippen LogP contribution in [0.1, 0.15) is 9.67 Å². The maximum Gasteiger partial charge on any atom is 0.346 e. The van der Waals surface area contributed by atoms with Crippen LogP contribution in [-0.2, 0) is 0 Å². The molecule has 0 aliphatic rings. The van der Waals surface area contributed by atoms with Gasteiger partial charge in [-0.05, 0) is 11.3 Å². The second-order valence-electron chi connectivity index (χ2n) is 5.51. The van der Waals surface area contributed by atoms with Crippen LogP contribution in [0.15, 0.2) is 42.9 Å². The van der Waals surface area contributed by atoms with Crippen LogP contribution >= 0.6 is 11.3 Å². The lowest BCUT2D eigenvalue weighted by Crippen LogP contribution is -1.97. The molecule has 4 heterocycles. The third kappa shape index (κ3) is 2.09. The van der Waals surface area contributed by atoms with E-state index in [9.17, 15) is 9.90 Å². The monoisotopic (exact) mass is 363 g/mol. The highest BCUT2D eigenvalue weighted by Gasteiger charge is 2.20. The first kappa shape index (κ1) is 14.7. The highest BCUT2D eigenvalue weighted by atomic mass is 32.1. The number of fused-ring (bicyclic) bond motifs is 2. The minimum absolute atomic E-state index is 0.276. The van der Waals surface area contributed by atoms with Crippen molar-refractivity contribution in [1.82, 2.24) is 35.2 Å². The number of hydrogen-bond acceptors (Lipinski definition) is 7. The Morgan fingerprint density at radius 1 is 1.23 bits per heavy atom. The molecule has 0 radical (unpaired) electrons. The van der Waals surface area contributed by atoms with Crippen molar-refractivity contribution in [2.24, 2.45) is 0 Å². The van der Waals surface area contributed by atoms with E-state index in [2.05, 4.69) is 30.7 Å². The predicted octanol–water partition coefficient (Wildman–Crippen LogP) is 2.49. The summed E-state index contributed by atoms with van der Waals surface area (Å²) in [5.74, 6) is -0.568. The second-order valence-corrected chi connectivity index (χ2v) is 6.56. The van der Waals surface area contributed by atoms with E-state index >= 15 is 0 Å². The molecule has 26 heavy (non-hydrogen) atoms. The number of carboxylic acid groups (broad SMARTS) is 1. The number of thiophene rings is 1. The molecule has 1 aromatic carbocycles. The van der Waals surface area contributed by atoms with Gasteiger partial charge in [0.25, 0.3) is 0 Å². The van der Waals surface area contributed by atoms with Gasteiger partial charge < -0.3 is 5.11 Å². The van der Waals surface area contributed by atoms with E-state index in [4.69, 9.17) is 0 Å². The fourth-order valence-corrected chi connectivity index (χ4v) is 3.98. The van der Waals surface area contributed by atoms with Crippen molar-refractivity contribution in [1.29, 1.82) is 0 Å². The first-order valence-electron chi connectivity index (χ1n) is 7.55. The molecule has 0 saturated carbocycles. The topological polar surface area (TPSA) is 122 Å². The van der Waals surface area contributed by atoms with Gasteiger partial charge in [0, 0.05) is 33.6 Å². The zero-order valence-electron chi connectivity index (χ0n) is 13.0. The van der Waals surface area contributed by atoms with Crippen LogP contribution < -0.4 is 0 Å². The number of carbonyl (C=O) groups is 1. The molecule has 0 fully saturated rings. The zero-order chi connectivity index (χ0) is 17.7. The van der Waals surface area contributed by atoms with Gasteiger partial charge in [-0.1, -0.05) is 18.2 Å². The number of benzene rings is 1. The van der Waals surface area contributed by atoms with E-state index in [0.717, 1.165) is 10.1 Å². The van der Waals surface area contributed by atoms with Crippen LogP contribution in [0.2, 0.25) is 0 Å². The molecular weight excluding hydrogens is 354 g/mol. The summed E-state index contributed by atoms with van der Waals surface area (Å²) in [4.78, 5) is 16.5. The standard InChI is InChI=1S/C16H9N7O2S/c24-16(25)13-12(9-3-1-2-4-11(9)26-13)8-5-17-15-10(6-18-23(15)7-8)14-19-21-22-20-14/h1-7H,(H,24,25)(H,19,20,21,22). The van der Waals surface area contributed by atoms with Gasteiger partial charge >= 0.3 is 5.97 Å². The summed E-state index contributed by atoms with van der Waals surface area (Å²) in [5, 5.41) is 28.6. The van der Waals surface area contributed by atoms with Crippen LogP contribution in [0.4, 0.5) is 0 Å². The lowest BCUT2D eigenvalue weighted by Gasteiger charge is -2.03. The SMILES string of the molecule is O=C(O)c1sc2ccccc2c1-c1cnc2c(-c3nn[nH]n3)cnn2c1. The van der Waals surface area contributed by atoms with Crippen LogP contribution in [0.5, 0.6) is 0 Å². The van der Waals surface area contributed by atoms with Crippen molar-refractivity contribution in [3.05, 3.63) is 47.7 Å². The predicted molar refractivity (Wildman–Crippen MR) is 93.9 cm³/mol. The van der Waals surface area contributed by atoms with Crippen molar-refractivity contribution < 1.29 is 9.90 Å². The number of nitrogens with zero attached hydrogens (tertiary/aromatic N) is 6. The molecule has 9 nitrogen and oxygen atoms in total. The number of aromatic amines is 1. The maximum absolute atomic E-state index is 11.7. The van der Waals surface area contributed by atoms with Crippen LogP contribution in [0, 0.1) is 0 Å². The summed E-state index contributed by atoms with van der Waals surface area (Å²) in [6, 6.07) is 7.59. The largest absolute Gasteiger partial charge is 0.477 e. The molecule has 5 rings (SSSR count). The Labute approximate surface area is 148 Å². The lowest BCUT2D eigenvalue weighted by molar-refractivity contribution is 0.0703. The van der Waals surface area contributed by atoms with Gasteiger partial charge in [-0.15, -0.1) is 21.5 Å². The molecule has 126 valence electrons. The molecule has 0 spiro atoms. The fraction of sp³-hybridized carbons (Fsp3) is 0. The van der Waals surface area contributed by atoms with Crippen molar-refractivity contribution in [2.75, 3.05) is 0 Å². The average Bonchev–Trinajstić information content (AvgIpc) is 3.38. The summed E-state index contributed by atoms with van der Waals surface area (Å²) in [5.41, 5.74) is 2.52. The minimum Gasteiger partial charge on any atom is -0.477 e. The molecule has 4 aromatic heterocycles. The van der Waals surface area contributed by atoms with Gasteiger partial charge in [-0.25, -0.2) is 14.3 Å². The molecule has 0 aliphatic heterocycles. The summed E-state index contributed by atoms with van der Waals surface area (Å²) in [7, 11) is 0. The first-order chi connectivity index (χ1) is 12.7. The molecular formula is C16H9N7O2S. The van der Waals surface area contributed by atoms with Crippen molar-refractivity contribution in [3.8, 4) is 22.5 Å². The summed E-state index contributed by atoms with van der Waals surface area (Å²) < 4.78 is 2.49. The van der Waals surface area contributed by atoms with Crippen LogP contribution in [0.25, 0.3) is 38.2 Å². The number of rotatable bonds is 3. The zero-order valence-corrected chi connectivity index (χ0v) is 13.8. The molecule has 0 atom stereocenters. The van der Waals surface area contributed by atoms with Crippen LogP contribution in [0.3, 0.4) is 0 Å². The summed E-state index contributed by atoms with van der Waals surface area (Å²) in [6.07, 6.45) is 5.00. The highest BCUT2D eigenvalue weighted by molar-refractivity contribution is 7.21. The first-order valence-corrected chi connectivity index (χ1v) is 8.36. The Hall–Kier alpha value is -3.66. The molecule has 0 amide bonds. The summed E-state index contributed by atoms with van der Waals surface area (Å²) >= 11 is 1.25. The quantitative estimate of drug-likeness (QED) is 0.505. The number of carboxylic acids is 1. The van der Waals surface area contributed by atoms with Gasteiger partial charge in [0.1, 0.15) is 4.88 Å². The Kier molecular flexibility index (Phi) is 3.06. The van der Waals surface area contributed by atoms with E-state index in [1.807, 2.05) is 24.3 Å². The van der Waals surface area contributed by atoms with Gasteiger partial charge in [0.2, 0.25) is 5.82 Å². The third-order valence-corrected chi connectivity index (χ3v) is 5.18. The maximum atomic E-state index is 11.7. The number of aromatic nitrogens is 7. The Morgan fingerprint density at radius 3 is 2.92 bits per heavy atom. The third-order valence-electron chi connectivity index (χ3n) is 4.02. The Balaban J connectivity index is 1.74. The molecule has 10 heteroatoms. The van der Waals surface area contributed by atoms with Crippen molar-refractivity contribution in [2.45, 2.75) is 0 Å². The number of H-pyrrole nitrogens is 1. The Bertz CT molecular complexity index is 1270. The fourth-order valence-electron chi connectivity index (χ4n) is 2.92. The average molecular weight is 363 g/mol. The smallest absolute Gasteiger partial charge is 0.346 e. The van der Waals surface area contributed by atoms with Gasteiger partial charge in [0.05, 0.1) is 11.8 Å². The van der Waals surface area contributed by atoms with E-state index in [0.29, 0.717) is 28.2 Å². The minimum atomic E-state index is -0.964. The molecule has 5 aromatic rings. The highest BCUT2D eigenvalue weighted by Crippen LogP contribution is 2.38. The van der Waals surface area contributed by atoms with Gasteiger partial charge in [-0.2, -0.15) is 10.3 Å². The number of hydrogen-bond donors (Lipinski definition) is 2. The second kappa shape index (κ2) is 5.43. The van der Waals surface area contributed by atoms with E-state index in [1.54, 1.807) is 23.1 Å². The number of aromatic carboxylic acids is 1. The van der Waals surface area contributed by atoms with Crippen molar-refractivity contribution >= 4 is 33.0 Å². The van der Waals surface area contributed by atoms with Gasteiger partial charge in [-0.3, -0.25) is 0 Å². The number of nitrogens with one attached hydrogen (secondary N) is 1. The van der Waals surface area contributed by atoms with E-state index in [1.165, 1.54) is 11.3 Å². The number of tetrazole rings is 1. The molecule has 0 bridgehead atoms. The lowest BCUT2D eigenvalue weighted by atomic mass is 10.0. The van der Waals surface area contributed by atoms with Crippen molar-refractivity contribution in [3.63, 3.8) is 0 Å². The molecule has 0 saturated heterocycles. The van der Waals surface area contributed by atoms with E-state index in [-0.39, 0.29) is 4.88 Å². The molecule has 0 aliphatic carbocycles. The summed E-state index contributed by atoms with van der Waals surface area (Å²) in [6.45, 7) is 0.